The third-order valence-corrected chi connectivity index (χ3v) is 4.58. The second kappa shape index (κ2) is 7.20. The third-order valence-electron chi connectivity index (χ3n) is 3.45. The fraction of sp³-hybridized carbons (Fsp3) is 0.500. The van der Waals surface area contributed by atoms with Crippen LogP contribution in [0.15, 0.2) is 24.3 Å². The molecule has 1 unspecified atom stereocenters. The number of anilines is 1. The predicted octanol–water partition coefficient (Wildman–Crippen LogP) is 1.93. The second-order valence-electron chi connectivity index (χ2n) is 4.79. The van der Waals surface area contributed by atoms with Crippen LogP contribution in [0.4, 0.5) is 5.69 Å². The summed E-state index contributed by atoms with van der Waals surface area (Å²) in [5.41, 5.74) is 0.905. The van der Waals surface area contributed by atoms with E-state index in [1.54, 1.807) is 0 Å². The van der Waals surface area contributed by atoms with Gasteiger partial charge in [-0.05, 0) is 12.1 Å². The van der Waals surface area contributed by atoms with Crippen LogP contribution in [-0.2, 0) is 4.79 Å². The van der Waals surface area contributed by atoms with Crippen LogP contribution < -0.4 is 15.0 Å². The smallest absolute Gasteiger partial charge is 0.228 e. The summed E-state index contributed by atoms with van der Waals surface area (Å²) in [5, 5.41) is 3.41. The van der Waals surface area contributed by atoms with Gasteiger partial charge in [-0.1, -0.05) is 12.1 Å². The minimum absolute atomic E-state index is 0. The van der Waals surface area contributed by atoms with E-state index < -0.39 is 0 Å². The standard InChI is InChI=1S/C14H18N2O2S.ClH/c17-14(9-11-10-19-8-5-15-11)16-6-7-18-13-4-2-1-3-12(13)16;/h1-4,11,15H,5-10H2;1H. The van der Waals surface area contributed by atoms with E-state index in [0.29, 0.717) is 25.6 Å². The number of halogens is 1. The lowest BCUT2D eigenvalue weighted by atomic mass is 10.1. The SMILES string of the molecule is Cl.O=C(CC1CSCCN1)N1CCOc2ccccc21. The molecule has 3 rings (SSSR count). The van der Waals surface area contributed by atoms with Crippen molar-refractivity contribution in [2.24, 2.45) is 0 Å². The fourth-order valence-electron chi connectivity index (χ4n) is 2.50. The zero-order valence-corrected chi connectivity index (χ0v) is 12.8. The molecule has 1 saturated heterocycles. The minimum Gasteiger partial charge on any atom is -0.490 e. The Kier molecular flexibility index (Phi) is 5.57. The molecule has 20 heavy (non-hydrogen) atoms. The second-order valence-corrected chi connectivity index (χ2v) is 5.94. The summed E-state index contributed by atoms with van der Waals surface area (Å²) in [4.78, 5) is 14.3. The molecule has 0 saturated carbocycles. The summed E-state index contributed by atoms with van der Waals surface area (Å²) in [6.45, 7) is 2.23. The Labute approximate surface area is 129 Å². The lowest BCUT2D eigenvalue weighted by Crippen LogP contribution is -2.44. The van der Waals surface area contributed by atoms with Gasteiger partial charge in [0.05, 0.1) is 12.2 Å². The molecule has 2 aliphatic rings. The molecule has 1 atom stereocenters. The highest BCUT2D eigenvalue weighted by Gasteiger charge is 2.26. The maximum Gasteiger partial charge on any atom is 0.228 e. The van der Waals surface area contributed by atoms with Gasteiger partial charge in [0.15, 0.2) is 0 Å². The van der Waals surface area contributed by atoms with E-state index in [1.165, 1.54) is 0 Å². The first-order chi connectivity index (χ1) is 9.34. The first kappa shape index (κ1) is 15.5. The molecule has 0 aromatic heterocycles. The van der Waals surface area contributed by atoms with E-state index in [9.17, 15) is 4.79 Å². The molecule has 1 aromatic rings. The van der Waals surface area contributed by atoms with Crippen LogP contribution in [0.1, 0.15) is 6.42 Å². The molecule has 0 spiro atoms. The van der Waals surface area contributed by atoms with Gasteiger partial charge in [0.25, 0.3) is 0 Å². The number of carbonyl (C=O) groups is 1. The highest BCUT2D eigenvalue weighted by Crippen LogP contribution is 2.31. The Morgan fingerprint density at radius 2 is 2.30 bits per heavy atom. The molecule has 4 nitrogen and oxygen atoms in total. The van der Waals surface area contributed by atoms with Gasteiger partial charge in [0, 0.05) is 30.5 Å². The Hall–Kier alpha value is -0.910. The molecule has 0 radical (unpaired) electrons. The van der Waals surface area contributed by atoms with Gasteiger partial charge in [-0.25, -0.2) is 0 Å². The number of hydrogen-bond donors (Lipinski definition) is 1. The van der Waals surface area contributed by atoms with Crippen molar-refractivity contribution in [3.63, 3.8) is 0 Å². The van der Waals surface area contributed by atoms with Gasteiger partial charge in [-0.3, -0.25) is 4.79 Å². The van der Waals surface area contributed by atoms with Crippen LogP contribution in [0.2, 0.25) is 0 Å². The van der Waals surface area contributed by atoms with Crippen LogP contribution in [0.3, 0.4) is 0 Å². The molecular formula is C14H19ClN2O2S. The van der Waals surface area contributed by atoms with Crippen molar-refractivity contribution in [2.45, 2.75) is 12.5 Å². The van der Waals surface area contributed by atoms with E-state index in [0.717, 1.165) is 29.5 Å². The van der Waals surface area contributed by atoms with Gasteiger partial charge in [-0.2, -0.15) is 11.8 Å². The van der Waals surface area contributed by atoms with Crippen molar-refractivity contribution in [2.75, 3.05) is 36.1 Å². The molecule has 1 aromatic carbocycles. The number of carbonyl (C=O) groups excluding carboxylic acids is 1. The molecule has 2 heterocycles. The lowest BCUT2D eigenvalue weighted by molar-refractivity contribution is -0.119. The summed E-state index contributed by atoms with van der Waals surface area (Å²) in [6.07, 6.45) is 0.571. The zero-order valence-electron chi connectivity index (χ0n) is 11.2. The largest absolute Gasteiger partial charge is 0.490 e. The Morgan fingerprint density at radius 3 is 3.10 bits per heavy atom. The topological polar surface area (TPSA) is 41.6 Å². The number of ether oxygens (including phenoxy) is 1. The first-order valence-electron chi connectivity index (χ1n) is 6.68. The van der Waals surface area contributed by atoms with Crippen molar-refractivity contribution >= 4 is 35.8 Å². The molecule has 1 N–H and O–H groups in total. The van der Waals surface area contributed by atoms with Crippen LogP contribution in [0.25, 0.3) is 0 Å². The molecule has 1 amide bonds. The number of nitrogens with one attached hydrogen (secondary N) is 1. The number of benzene rings is 1. The van der Waals surface area contributed by atoms with Crippen molar-refractivity contribution in [3.05, 3.63) is 24.3 Å². The predicted molar refractivity (Wildman–Crippen MR) is 85.3 cm³/mol. The van der Waals surface area contributed by atoms with E-state index in [-0.39, 0.29) is 18.3 Å². The number of nitrogens with zero attached hydrogens (tertiary/aromatic N) is 1. The van der Waals surface area contributed by atoms with Crippen molar-refractivity contribution < 1.29 is 9.53 Å². The zero-order chi connectivity index (χ0) is 13.1. The number of amides is 1. The Balaban J connectivity index is 0.00000147. The molecule has 2 aliphatic heterocycles. The molecule has 110 valence electrons. The van der Waals surface area contributed by atoms with Crippen molar-refractivity contribution in [3.8, 4) is 5.75 Å². The van der Waals surface area contributed by atoms with Gasteiger partial charge in [0.1, 0.15) is 12.4 Å². The summed E-state index contributed by atoms with van der Waals surface area (Å²) >= 11 is 1.92. The number of fused-ring (bicyclic) bond motifs is 1. The molecule has 6 heteroatoms. The summed E-state index contributed by atoms with van der Waals surface area (Å²) in [7, 11) is 0. The van der Waals surface area contributed by atoms with Gasteiger partial charge in [-0.15, -0.1) is 12.4 Å². The Morgan fingerprint density at radius 1 is 1.45 bits per heavy atom. The molecule has 1 fully saturated rings. The number of thioether (sulfide) groups is 1. The monoisotopic (exact) mass is 314 g/mol. The number of para-hydroxylation sites is 2. The maximum absolute atomic E-state index is 12.5. The fourth-order valence-corrected chi connectivity index (χ4v) is 3.45. The van der Waals surface area contributed by atoms with E-state index in [2.05, 4.69) is 5.32 Å². The average molecular weight is 315 g/mol. The highest BCUT2D eigenvalue weighted by atomic mass is 35.5. The van der Waals surface area contributed by atoms with Gasteiger partial charge >= 0.3 is 0 Å². The van der Waals surface area contributed by atoms with E-state index in [1.807, 2.05) is 40.9 Å². The van der Waals surface area contributed by atoms with Crippen LogP contribution in [0.5, 0.6) is 5.75 Å². The summed E-state index contributed by atoms with van der Waals surface area (Å²) in [6, 6.07) is 8.06. The molecule has 0 bridgehead atoms. The normalized spacial score (nSPS) is 21.4. The summed E-state index contributed by atoms with van der Waals surface area (Å²) < 4.78 is 5.58. The maximum atomic E-state index is 12.5. The first-order valence-corrected chi connectivity index (χ1v) is 7.83. The number of rotatable bonds is 2. The third kappa shape index (κ3) is 3.40. The van der Waals surface area contributed by atoms with Crippen LogP contribution in [0, 0.1) is 0 Å². The lowest BCUT2D eigenvalue weighted by Gasteiger charge is -2.31. The Bertz CT molecular complexity index is 466. The average Bonchev–Trinajstić information content (AvgIpc) is 2.47. The van der Waals surface area contributed by atoms with E-state index in [4.69, 9.17) is 4.74 Å². The van der Waals surface area contributed by atoms with Crippen molar-refractivity contribution in [1.82, 2.24) is 5.32 Å². The molecule has 0 aliphatic carbocycles. The quantitative estimate of drug-likeness (QED) is 0.905. The molecular weight excluding hydrogens is 296 g/mol. The van der Waals surface area contributed by atoms with Crippen LogP contribution >= 0.6 is 24.2 Å². The van der Waals surface area contributed by atoms with E-state index >= 15 is 0 Å². The van der Waals surface area contributed by atoms with Gasteiger partial charge < -0.3 is 15.0 Å². The minimum atomic E-state index is 0. The number of hydrogen-bond acceptors (Lipinski definition) is 4. The van der Waals surface area contributed by atoms with Crippen LogP contribution in [-0.4, -0.2) is 43.2 Å². The van der Waals surface area contributed by atoms with Gasteiger partial charge in [0.2, 0.25) is 5.91 Å². The summed E-state index contributed by atoms with van der Waals surface area (Å²) in [5.74, 6) is 3.17. The van der Waals surface area contributed by atoms with Crippen molar-refractivity contribution in [1.29, 1.82) is 0 Å². The highest BCUT2D eigenvalue weighted by molar-refractivity contribution is 7.99.